The minimum atomic E-state index is -0.157. The lowest BCUT2D eigenvalue weighted by atomic mass is 10.1. The lowest BCUT2D eigenvalue weighted by Crippen LogP contribution is -2.09. The van der Waals surface area contributed by atoms with E-state index in [1.54, 1.807) is 34.6 Å². The summed E-state index contributed by atoms with van der Waals surface area (Å²) in [5.74, 6) is 0.641. The summed E-state index contributed by atoms with van der Waals surface area (Å²) < 4.78 is 1.73. The predicted octanol–water partition coefficient (Wildman–Crippen LogP) is 3.99. The minimum absolute atomic E-state index is 0.157. The number of rotatable bonds is 5. The van der Waals surface area contributed by atoms with Crippen LogP contribution in [0.15, 0.2) is 64.7 Å². The van der Waals surface area contributed by atoms with Crippen molar-refractivity contribution in [2.24, 2.45) is 0 Å². The molecule has 0 bridgehead atoms. The molecule has 2 N–H and O–H groups in total. The lowest BCUT2D eigenvalue weighted by Gasteiger charge is -2.06. The molecule has 144 valence electrons. The number of fused-ring (bicyclic) bond motifs is 2. The first-order chi connectivity index (χ1) is 14.1. The highest BCUT2D eigenvalue weighted by Crippen LogP contribution is 2.23. The molecule has 3 heterocycles. The molecule has 7 nitrogen and oxygen atoms in total. The molecule has 3 aromatic heterocycles. The second-order valence-electron chi connectivity index (χ2n) is 6.60. The fraction of sp³-hybridized carbons (Fsp3) is 0.100. The molecule has 0 aliphatic carbocycles. The van der Waals surface area contributed by atoms with Crippen molar-refractivity contribution in [2.45, 2.75) is 17.5 Å². The van der Waals surface area contributed by atoms with E-state index in [0.29, 0.717) is 17.3 Å². The van der Waals surface area contributed by atoms with Gasteiger partial charge in [0.05, 0.1) is 23.3 Å². The van der Waals surface area contributed by atoms with Crippen molar-refractivity contribution in [3.8, 4) is 0 Å². The average molecular weight is 423 g/mol. The fourth-order valence-electron chi connectivity index (χ4n) is 3.22. The van der Waals surface area contributed by atoms with Gasteiger partial charge in [-0.05, 0) is 35.9 Å². The zero-order valence-electron chi connectivity index (χ0n) is 15.1. The van der Waals surface area contributed by atoms with E-state index in [1.165, 1.54) is 0 Å². The molecule has 0 fully saturated rings. The van der Waals surface area contributed by atoms with Crippen molar-refractivity contribution in [1.82, 2.24) is 29.9 Å². The largest absolute Gasteiger partial charge is 0.333 e. The summed E-state index contributed by atoms with van der Waals surface area (Å²) in [5.41, 5.74) is 4.22. The van der Waals surface area contributed by atoms with Crippen molar-refractivity contribution < 1.29 is 0 Å². The van der Waals surface area contributed by atoms with E-state index < -0.39 is 0 Å². The number of aromatic nitrogens is 6. The van der Waals surface area contributed by atoms with Crippen LogP contribution in [-0.4, -0.2) is 29.9 Å². The monoisotopic (exact) mass is 422 g/mol. The van der Waals surface area contributed by atoms with Crippen LogP contribution < -0.4 is 5.56 Å². The van der Waals surface area contributed by atoms with E-state index in [9.17, 15) is 4.79 Å². The van der Waals surface area contributed by atoms with Crippen molar-refractivity contribution in [2.75, 3.05) is 0 Å². The Morgan fingerprint density at radius 2 is 1.97 bits per heavy atom. The first-order valence-electron chi connectivity index (χ1n) is 8.92. The van der Waals surface area contributed by atoms with E-state index in [-0.39, 0.29) is 5.56 Å². The Labute approximate surface area is 174 Å². The van der Waals surface area contributed by atoms with E-state index in [4.69, 9.17) is 11.6 Å². The molecule has 0 saturated carbocycles. The molecular weight excluding hydrogens is 408 g/mol. The smallest absolute Gasteiger partial charge is 0.248 e. The van der Waals surface area contributed by atoms with Crippen LogP contribution in [0.3, 0.4) is 0 Å². The molecule has 0 aliphatic rings. The summed E-state index contributed by atoms with van der Waals surface area (Å²) in [5, 5.41) is 10.8. The zero-order chi connectivity index (χ0) is 19.8. The lowest BCUT2D eigenvalue weighted by molar-refractivity contribution is 0.651. The molecule has 9 heteroatoms. The van der Waals surface area contributed by atoms with Gasteiger partial charge in [0.25, 0.3) is 0 Å². The van der Waals surface area contributed by atoms with Crippen LogP contribution in [0.25, 0.3) is 21.9 Å². The number of imidazole rings is 1. The third-order valence-corrected chi connectivity index (χ3v) is 5.68. The van der Waals surface area contributed by atoms with Crippen molar-refractivity contribution in [3.63, 3.8) is 0 Å². The van der Waals surface area contributed by atoms with E-state index in [2.05, 4.69) is 25.3 Å². The number of benzene rings is 2. The van der Waals surface area contributed by atoms with Crippen LogP contribution in [0.2, 0.25) is 5.02 Å². The number of pyridine rings is 1. The number of hydrogen-bond acceptors (Lipinski definition) is 5. The molecule has 2 aromatic carbocycles. The van der Waals surface area contributed by atoms with Gasteiger partial charge in [0, 0.05) is 33.9 Å². The number of hydrogen-bond donors (Lipinski definition) is 2. The number of nitrogens with zero attached hydrogens (tertiary/aromatic N) is 4. The predicted molar refractivity (Wildman–Crippen MR) is 114 cm³/mol. The van der Waals surface area contributed by atoms with Gasteiger partial charge in [-0.1, -0.05) is 40.7 Å². The third kappa shape index (κ3) is 3.76. The number of para-hydroxylation sites is 2. The molecule has 0 amide bonds. The maximum atomic E-state index is 12.0. The van der Waals surface area contributed by atoms with Crippen LogP contribution in [0, 0.1) is 0 Å². The van der Waals surface area contributed by atoms with Crippen LogP contribution >= 0.6 is 23.4 Å². The highest BCUT2D eigenvalue weighted by atomic mass is 35.5. The number of thioether (sulfide) groups is 1. The molecule has 5 aromatic rings. The molecule has 0 spiro atoms. The number of H-pyrrole nitrogens is 2. The SMILES string of the molecule is O=c1cc(Cn2cc(CSc3nc4ccccc4[nH]3)nn2)c2cc(Cl)ccc2[nH]1. The summed E-state index contributed by atoms with van der Waals surface area (Å²) in [4.78, 5) is 22.6. The van der Waals surface area contributed by atoms with Crippen LogP contribution in [0.1, 0.15) is 11.3 Å². The Hall–Kier alpha value is -3.10. The molecule has 5 rings (SSSR count). The Balaban J connectivity index is 1.34. The summed E-state index contributed by atoms with van der Waals surface area (Å²) >= 11 is 7.70. The molecular formula is C20H15ClN6OS. The van der Waals surface area contributed by atoms with Gasteiger partial charge in [-0.3, -0.25) is 4.79 Å². The van der Waals surface area contributed by atoms with Crippen molar-refractivity contribution >= 4 is 45.3 Å². The summed E-state index contributed by atoms with van der Waals surface area (Å²) in [7, 11) is 0. The highest BCUT2D eigenvalue weighted by Gasteiger charge is 2.09. The van der Waals surface area contributed by atoms with E-state index >= 15 is 0 Å². The van der Waals surface area contributed by atoms with Gasteiger partial charge < -0.3 is 9.97 Å². The molecule has 0 aliphatic heterocycles. The standard InChI is InChI=1S/C20H15ClN6OS/c21-13-5-6-16-15(8-13)12(7-19(28)22-16)9-27-10-14(25-26-27)11-29-20-23-17-3-1-2-4-18(17)24-20/h1-8,10H,9,11H2,(H,22,28)(H,23,24). The molecule has 0 radical (unpaired) electrons. The van der Waals surface area contributed by atoms with Gasteiger partial charge in [-0.15, -0.1) is 5.10 Å². The van der Waals surface area contributed by atoms with Crippen molar-refractivity contribution in [1.29, 1.82) is 0 Å². The number of aromatic amines is 2. The first-order valence-corrected chi connectivity index (χ1v) is 10.3. The van der Waals surface area contributed by atoms with Gasteiger partial charge in [0.1, 0.15) is 0 Å². The average Bonchev–Trinajstić information content (AvgIpc) is 3.33. The third-order valence-electron chi connectivity index (χ3n) is 4.53. The molecule has 0 saturated heterocycles. The maximum Gasteiger partial charge on any atom is 0.248 e. The van der Waals surface area contributed by atoms with Crippen LogP contribution in [0.4, 0.5) is 0 Å². The quantitative estimate of drug-likeness (QED) is 0.418. The number of halogens is 1. The molecule has 29 heavy (non-hydrogen) atoms. The minimum Gasteiger partial charge on any atom is -0.333 e. The van der Waals surface area contributed by atoms with E-state index in [0.717, 1.165) is 38.4 Å². The van der Waals surface area contributed by atoms with Crippen molar-refractivity contribution in [3.05, 3.63) is 81.4 Å². The molecule has 0 unspecified atom stereocenters. The highest BCUT2D eigenvalue weighted by molar-refractivity contribution is 7.98. The summed E-state index contributed by atoms with van der Waals surface area (Å²) in [6, 6.07) is 14.9. The van der Waals surface area contributed by atoms with Gasteiger partial charge in [-0.25, -0.2) is 9.67 Å². The maximum absolute atomic E-state index is 12.0. The molecule has 0 atom stereocenters. The van der Waals surface area contributed by atoms with Gasteiger partial charge in [-0.2, -0.15) is 0 Å². The number of nitrogens with one attached hydrogen (secondary N) is 2. The van der Waals surface area contributed by atoms with Gasteiger partial charge in [0.2, 0.25) is 5.56 Å². The second-order valence-corrected chi connectivity index (χ2v) is 8.00. The summed E-state index contributed by atoms with van der Waals surface area (Å²) in [6.45, 7) is 0.434. The fourth-order valence-corrected chi connectivity index (χ4v) is 4.16. The first kappa shape index (κ1) is 18.0. The van der Waals surface area contributed by atoms with E-state index in [1.807, 2.05) is 36.5 Å². The topological polar surface area (TPSA) is 92.2 Å². The Kier molecular flexibility index (Phi) is 4.57. The normalized spacial score (nSPS) is 11.5. The Bertz CT molecular complexity index is 1360. The Morgan fingerprint density at radius 1 is 1.07 bits per heavy atom. The van der Waals surface area contributed by atoms with Crippen LogP contribution in [-0.2, 0) is 12.3 Å². The van der Waals surface area contributed by atoms with Gasteiger partial charge >= 0.3 is 0 Å². The van der Waals surface area contributed by atoms with Gasteiger partial charge in [0.15, 0.2) is 5.16 Å². The zero-order valence-corrected chi connectivity index (χ0v) is 16.7. The van der Waals surface area contributed by atoms with Crippen LogP contribution in [0.5, 0.6) is 0 Å². The summed E-state index contributed by atoms with van der Waals surface area (Å²) in [6.07, 6.45) is 1.88. The second kappa shape index (κ2) is 7.38. The Morgan fingerprint density at radius 3 is 2.86 bits per heavy atom.